The Kier molecular flexibility index (Phi) is 5.16. The van der Waals surface area contributed by atoms with Gasteiger partial charge in [-0.3, -0.25) is 4.72 Å². The predicted octanol–water partition coefficient (Wildman–Crippen LogP) is 3.21. The minimum Gasteiger partial charge on any atom is -0.368 e. The molecule has 0 atom stereocenters. The molecule has 1 saturated heterocycles. The molecule has 3 aromatic rings. The Morgan fingerprint density at radius 2 is 1.39 bits per heavy atom. The van der Waals surface area contributed by atoms with Crippen LogP contribution in [0.15, 0.2) is 83.9 Å². The Morgan fingerprint density at radius 3 is 2.04 bits per heavy atom. The van der Waals surface area contributed by atoms with Crippen LogP contribution in [0, 0.1) is 0 Å². The van der Waals surface area contributed by atoms with Crippen molar-refractivity contribution in [2.24, 2.45) is 0 Å². The summed E-state index contributed by atoms with van der Waals surface area (Å²) in [6.07, 6.45) is 1.82. The van der Waals surface area contributed by atoms with Crippen molar-refractivity contribution >= 4 is 27.2 Å². The molecule has 6 nitrogen and oxygen atoms in total. The van der Waals surface area contributed by atoms with Crippen LogP contribution in [0.4, 0.5) is 17.2 Å². The minimum absolute atomic E-state index is 0.254. The van der Waals surface area contributed by atoms with Gasteiger partial charge in [0.15, 0.2) is 0 Å². The zero-order valence-electron chi connectivity index (χ0n) is 15.4. The van der Waals surface area contributed by atoms with Gasteiger partial charge >= 0.3 is 0 Å². The number of pyridine rings is 1. The molecule has 0 saturated carbocycles. The molecular formula is C21H22N4O2S. The first-order valence-corrected chi connectivity index (χ1v) is 10.7. The van der Waals surface area contributed by atoms with E-state index in [0.717, 1.165) is 37.7 Å². The lowest BCUT2D eigenvalue weighted by molar-refractivity contribution is 0.601. The maximum Gasteiger partial charge on any atom is 0.261 e. The lowest BCUT2D eigenvalue weighted by atomic mass is 10.2. The third-order valence-corrected chi connectivity index (χ3v) is 6.19. The first-order valence-electron chi connectivity index (χ1n) is 9.21. The summed E-state index contributed by atoms with van der Waals surface area (Å²) in [6.45, 7) is 3.59. The second-order valence-corrected chi connectivity index (χ2v) is 8.31. The number of anilines is 3. The number of aromatic nitrogens is 1. The van der Waals surface area contributed by atoms with E-state index >= 15 is 0 Å². The first-order chi connectivity index (χ1) is 13.6. The molecule has 0 radical (unpaired) electrons. The quantitative estimate of drug-likeness (QED) is 0.720. The van der Waals surface area contributed by atoms with Crippen LogP contribution in [0.5, 0.6) is 0 Å². The van der Waals surface area contributed by atoms with Gasteiger partial charge in [-0.2, -0.15) is 0 Å². The summed E-state index contributed by atoms with van der Waals surface area (Å²) in [7, 11) is -3.57. The van der Waals surface area contributed by atoms with Crippen LogP contribution in [-0.4, -0.2) is 39.6 Å². The van der Waals surface area contributed by atoms with Crippen LogP contribution in [0.2, 0.25) is 0 Å². The molecule has 0 amide bonds. The number of rotatable bonds is 5. The van der Waals surface area contributed by atoms with Crippen LogP contribution in [0.3, 0.4) is 0 Å². The highest BCUT2D eigenvalue weighted by Gasteiger charge is 2.18. The van der Waals surface area contributed by atoms with E-state index in [0.29, 0.717) is 5.69 Å². The van der Waals surface area contributed by atoms with E-state index in [4.69, 9.17) is 0 Å². The van der Waals surface area contributed by atoms with E-state index in [1.165, 1.54) is 0 Å². The SMILES string of the molecule is O=S(=O)(Nc1ccc(N2CCN(c3ccccn3)CC2)cc1)c1ccccc1. The fourth-order valence-corrected chi connectivity index (χ4v) is 4.37. The molecule has 0 spiro atoms. The van der Waals surface area contributed by atoms with Gasteiger partial charge in [-0.1, -0.05) is 24.3 Å². The molecule has 2 aromatic carbocycles. The Bertz CT molecular complexity index is 1000. The second kappa shape index (κ2) is 7.90. The molecule has 0 aliphatic carbocycles. The van der Waals surface area contributed by atoms with Crippen molar-refractivity contribution in [3.05, 3.63) is 79.0 Å². The van der Waals surface area contributed by atoms with Gasteiger partial charge in [0, 0.05) is 43.8 Å². The zero-order valence-corrected chi connectivity index (χ0v) is 16.2. The topological polar surface area (TPSA) is 65.5 Å². The van der Waals surface area contributed by atoms with Crippen LogP contribution in [0.1, 0.15) is 0 Å². The number of nitrogens with zero attached hydrogens (tertiary/aromatic N) is 3. The van der Waals surface area contributed by atoms with Crippen molar-refractivity contribution in [2.45, 2.75) is 4.90 Å². The second-order valence-electron chi connectivity index (χ2n) is 6.63. The number of nitrogens with one attached hydrogen (secondary N) is 1. The van der Waals surface area contributed by atoms with Crippen molar-refractivity contribution in [2.75, 3.05) is 40.7 Å². The number of piperazine rings is 1. The highest BCUT2D eigenvalue weighted by molar-refractivity contribution is 7.92. The van der Waals surface area contributed by atoms with Gasteiger partial charge in [0.2, 0.25) is 0 Å². The molecular weight excluding hydrogens is 372 g/mol. The van der Waals surface area contributed by atoms with Crippen molar-refractivity contribution in [3.8, 4) is 0 Å². The molecule has 144 valence electrons. The standard InChI is InChI=1S/C21H22N4O2S/c26-28(27,20-6-2-1-3-7-20)23-18-9-11-19(12-10-18)24-14-16-25(17-15-24)21-8-4-5-13-22-21/h1-13,23H,14-17H2. The molecule has 4 rings (SSSR count). The van der Waals surface area contributed by atoms with E-state index < -0.39 is 10.0 Å². The van der Waals surface area contributed by atoms with Crippen LogP contribution < -0.4 is 14.5 Å². The molecule has 0 bridgehead atoms. The number of sulfonamides is 1. The van der Waals surface area contributed by atoms with Crippen LogP contribution in [-0.2, 0) is 10.0 Å². The molecule has 1 aliphatic rings. The lowest BCUT2D eigenvalue weighted by Crippen LogP contribution is -2.46. The average Bonchev–Trinajstić information content (AvgIpc) is 2.75. The third kappa shape index (κ3) is 4.09. The smallest absolute Gasteiger partial charge is 0.261 e. The van der Waals surface area contributed by atoms with Gasteiger partial charge in [-0.25, -0.2) is 13.4 Å². The molecule has 7 heteroatoms. The largest absolute Gasteiger partial charge is 0.368 e. The van der Waals surface area contributed by atoms with E-state index in [-0.39, 0.29) is 4.90 Å². The summed E-state index contributed by atoms with van der Waals surface area (Å²) >= 11 is 0. The molecule has 2 heterocycles. The summed E-state index contributed by atoms with van der Waals surface area (Å²) in [5.74, 6) is 1.01. The van der Waals surface area contributed by atoms with Gasteiger partial charge in [0.1, 0.15) is 5.82 Å². The first kappa shape index (κ1) is 18.3. The van der Waals surface area contributed by atoms with Crippen molar-refractivity contribution in [3.63, 3.8) is 0 Å². The summed E-state index contributed by atoms with van der Waals surface area (Å²) in [6, 6.07) is 21.9. The summed E-state index contributed by atoms with van der Waals surface area (Å²) < 4.78 is 27.5. The Hall–Kier alpha value is -3.06. The van der Waals surface area contributed by atoms with Gasteiger partial charge in [-0.15, -0.1) is 0 Å². The average molecular weight is 395 g/mol. The highest BCUT2D eigenvalue weighted by Crippen LogP contribution is 2.22. The van der Waals surface area contributed by atoms with Crippen molar-refractivity contribution in [1.29, 1.82) is 0 Å². The molecule has 1 N–H and O–H groups in total. The fourth-order valence-electron chi connectivity index (χ4n) is 3.29. The lowest BCUT2D eigenvalue weighted by Gasteiger charge is -2.36. The fraction of sp³-hybridized carbons (Fsp3) is 0.190. The number of hydrogen-bond donors (Lipinski definition) is 1. The zero-order chi connectivity index (χ0) is 19.4. The molecule has 1 aromatic heterocycles. The molecule has 1 aliphatic heterocycles. The summed E-state index contributed by atoms with van der Waals surface area (Å²) in [4.78, 5) is 9.24. The Morgan fingerprint density at radius 1 is 0.750 bits per heavy atom. The van der Waals surface area contributed by atoms with Crippen molar-refractivity contribution in [1.82, 2.24) is 4.98 Å². The van der Waals surface area contributed by atoms with Gasteiger partial charge in [0.25, 0.3) is 10.0 Å². The normalized spacial score (nSPS) is 14.7. The Balaban J connectivity index is 1.39. The van der Waals surface area contributed by atoms with Crippen LogP contribution >= 0.6 is 0 Å². The van der Waals surface area contributed by atoms with Crippen molar-refractivity contribution < 1.29 is 8.42 Å². The summed E-state index contributed by atoms with van der Waals surface area (Å²) in [5, 5.41) is 0. The van der Waals surface area contributed by atoms with E-state index in [1.54, 1.807) is 42.5 Å². The minimum atomic E-state index is -3.57. The molecule has 28 heavy (non-hydrogen) atoms. The van der Waals surface area contributed by atoms with Gasteiger partial charge in [-0.05, 0) is 48.5 Å². The number of benzene rings is 2. The predicted molar refractivity (Wildman–Crippen MR) is 112 cm³/mol. The van der Waals surface area contributed by atoms with E-state index in [9.17, 15) is 8.42 Å². The molecule has 1 fully saturated rings. The maximum absolute atomic E-state index is 12.4. The highest BCUT2D eigenvalue weighted by atomic mass is 32.2. The number of hydrogen-bond acceptors (Lipinski definition) is 5. The molecule has 0 unspecified atom stereocenters. The van der Waals surface area contributed by atoms with Crippen LogP contribution in [0.25, 0.3) is 0 Å². The third-order valence-electron chi connectivity index (χ3n) is 4.79. The van der Waals surface area contributed by atoms with Gasteiger partial charge in [0.05, 0.1) is 4.90 Å². The van der Waals surface area contributed by atoms with E-state index in [1.807, 2.05) is 36.5 Å². The van der Waals surface area contributed by atoms with Gasteiger partial charge < -0.3 is 9.80 Å². The Labute approximate surface area is 165 Å². The monoisotopic (exact) mass is 394 g/mol. The van der Waals surface area contributed by atoms with E-state index in [2.05, 4.69) is 19.5 Å². The maximum atomic E-state index is 12.4. The summed E-state index contributed by atoms with van der Waals surface area (Å²) in [5.41, 5.74) is 1.64.